The topological polar surface area (TPSA) is 41.1 Å². The highest BCUT2D eigenvalue weighted by Gasteiger charge is 2.42. The molecule has 7 heteroatoms. The van der Waals surface area contributed by atoms with Crippen molar-refractivity contribution in [2.45, 2.75) is 24.9 Å². The fraction of sp³-hybridized carbons (Fsp3) is 0.417. The predicted molar refractivity (Wildman–Crippen MR) is 59.6 cm³/mol. The molecule has 0 saturated carbocycles. The highest BCUT2D eigenvalue weighted by atomic mass is 19.3. The quantitative estimate of drug-likeness (QED) is 0.823. The summed E-state index contributed by atoms with van der Waals surface area (Å²) < 4.78 is 51.7. The van der Waals surface area contributed by atoms with Gasteiger partial charge in [-0.15, -0.1) is 0 Å². The van der Waals surface area contributed by atoms with Gasteiger partial charge in [0.1, 0.15) is 11.6 Å². The van der Waals surface area contributed by atoms with Crippen LogP contribution in [0.1, 0.15) is 12.0 Å². The molecule has 1 aliphatic rings. The van der Waals surface area contributed by atoms with E-state index in [9.17, 15) is 22.4 Å². The Morgan fingerprint density at radius 2 is 2.16 bits per heavy atom. The standard InChI is InChI=1S/C12H12F4N2O/c13-8-2-1-7(9(14)3-8)5-17-11(19)10-4-12(15,16)6-18-10/h1-3,10,18H,4-6H2,(H,17,19). The number of amides is 1. The van der Waals surface area contributed by atoms with Crippen LogP contribution in [0.5, 0.6) is 0 Å². The maximum absolute atomic E-state index is 13.3. The van der Waals surface area contributed by atoms with E-state index in [1.165, 1.54) is 6.07 Å². The van der Waals surface area contributed by atoms with Gasteiger partial charge in [0, 0.05) is 24.6 Å². The van der Waals surface area contributed by atoms with E-state index < -0.39 is 42.5 Å². The zero-order valence-corrected chi connectivity index (χ0v) is 9.85. The lowest BCUT2D eigenvalue weighted by Crippen LogP contribution is -2.40. The van der Waals surface area contributed by atoms with Gasteiger partial charge in [-0.2, -0.15) is 0 Å². The lowest BCUT2D eigenvalue weighted by molar-refractivity contribution is -0.123. The van der Waals surface area contributed by atoms with Crippen LogP contribution in [-0.4, -0.2) is 24.4 Å². The smallest absolute Gasteiger partial charge is 0.262 e. The fourth-order valence-electron chi connectivity index (χ4n) is 1.87. The van der Waals surface area contributed by atoms with Crippen molar-refractivity contribution in [3.63, 3.8) is 0 Å². The van der Waals surface area contributed by atoms with Crippen molar-refractivity contribution in [2.75, 3.05) is 6.54 Å². The van der Waals surface area contributed by atoms with Gasteiger partial charge in [-0.25, -0.2) is 17.6 Å². The molecule has 0 aromatic heterocycles. The van der Waals surface area contributed by atoms with E-state index >= 15 is 0 Å². The summed E-state index contributed by atoms with van der Waals surface area (Å²) in [5.41, 5.74) is 0.0968. The van der Waals surface area contributed by atoms with Crippen molar-refractivity contribution >= 4 is 5.91 Å². The van der Waals surface area contributed by atoms with Gasteiger partial charge in [0.15, 0.2) is 0 Å². The molecule has 1 atom stereocenters. The molecular weight excluding hydrogens is 264 g/mol. The lowest BCUT2D eigenvalue weighted by Gasteiger charge is -2.11. The lowest BCUT2D eigenvalue weighted by atomic mass is 10.1. The first kappa shape index (κ1) is 13.8. The van der Waals surface area contributed by atoms with Crippen LogP contribution in [0.3, 0.4) is 0 Å². The van der Waals surface area contributed by atoms with Crippen LogP contribution in [0.15, 0.2) is 18.2 Å². The molecule has 1 aromatic rings. The van der Waals surface area contributed by atoms with Gasteiger partial charge >= 0.3 is 0 Å². The number of nitrogens with one attached hydrogen (secondary N) is 2. The first-order chi connectivity index (χ1) is 8.87. The Kier molecular flexibility index (Phi) is 3.75. The van der Waals surface area contributed by atoms with Gasteiger partial charge in [0.2, 0.25) is 5.91 Å². The molecular formula is C12H12F4N2O. The summed E-state index contributed by atoms with van der Waals surface area (Å²) in [5, 5.41) is 4.73. The molecule has 1 fully saturated rings. The first-order valence-corrected chi connectivity index (χ1v) is 5.70. The molecule has 1 aromatic carbocycles. The Bertz CT molecular complexity index is 493. The summed E-state index contributed by atoms with van der Waals surface area (Å²) in [7, 11) is 0. The number of carbonyl (C=O) groups excluding carboxylic acids is 1. The number of carbonyl (C=O) groups is 1. The highest BCUT2D eigenvalue weighted by molar-refractivity contribution is 5.82. The normalized spacial score (nSPS) is 21.4. The van der Waals surface area contributed by atoms with Crippen LogP contribution in [-0.2, 0) is 11.3 Å². The Morgan fingerprint density at radius 3 is 2.74 bits per heavy atom. The van der Waals surface area contributed by atoms with E-state index in [0.29, 0.717) is 6.07 Å². The number of rotatable bonds is 3. The van der Waals surface area contributed by atoms with Gasteiger partial charge in [0.05, 0.1) is 12.6 Å². The summed E-state index contributed by atoms with van der Waals surface area (Å²) in [5.74, 6) is -5.03. The van der Waals surface area contributed by atoms with Gasteiger partial charge in [0.25, 0.3) is 5.92 Å². The van der Waals surface area contributed by atoms with Gasteiger partial charge < -0.3 is 5.32 Å². The maximum atomic E-state index is 13.3. The molecule has 1 heterocycles. The summed E-state index contributed by atoms with van der Waals surface area (Å²) in [6.07, 6.45) is -0.579. The number of alkyl halides is 2. The van der Waals surface area contributed by atoms with Crippen LogP contribution in [0.25, 0.3) is 0 Å². The summed E-state index contributed by atoms with van der Waals surface area (Å²) in [4.78, 5) is 11.6. The third-order valence-electron chi connectivity index (χ3n) is 2.89. The Morgan fingerprint density at radius 1 is 1.42 bits per heavy atom. The van der Waals surface area contributed by atoms with Gasteiger partial charge in [-0.3, -0.25) is 10.1 Å². The third-order valence-corrected chi connectivity index (χ3v) is 2.89. The molecule has 104 valence electrons. The number of hydrogen-bond donors (Lipinski definition) is 2. The minimum atomic E-state index is -2.90. The van der Waals surface area contributed by atoms with E-state index in [1.807, 2.05) is 0 Å². The minimum absolute atomic E-state index is 0.0968. The second-order valence-electron chi connectivity index (χ2n) is 4.45. The molecule has 0 radical (unpaired) electrons. The molecule has 1 saturated heterocycles. The van der Waals surface area contributed by atoms with Crippen molar-refractivity contribution in [2.24, 2.45) is 0 Å². The maximum Gasteiger partial charge on any atom is 0.262 e. The Labute approximate surface area is 107 Å². The van der Waals surface area contributed by atoms with Crippen molar-refractivity contribution < 1.29 is 22.4 Å². The van der Waals surface area contributed by atoms with Crippen LogP contribution >= 0.6 is 0 Å². The number of hydrogen-bond acceptors (Lipinski definition) is 2. The van der Waals surface area contributed by atoms with Crippen molar-refractivity contribution in [1.29, 1.82) is 0 Å². The van der Waals surface area contributed by atoms with Gasteiger partial charge in [-0.1, -0.05) is 6.07 Å². The minimum Gasteiger partial charge on any atom is -0.351 e. The van der Waals surface area contributed by atoms with Crippen LogP contribution in [0.2, 0.25) is 0 Å². The highest BCUT2D eigenvalue weighted by Crippen LogP contribution is 2.25. The zero-order valence-electron chi connectivity index (χ0n) is 9.85. The van der Waals surface area contributed by atoms with E-state index in [1.54, 1.807) is 0 Å². The Balaban J connectivity index is 1.90. The van der Waals surface area contributed by atoms with E-state index in [0.717, 1.165) is 6.07 Å². The molecule has 0 bridgehead atoms. The average Bonchev–Trinajstić information content (AvgIpc) is 2.68. The number of benzene rings is 1. The van der Waals surface area contributed by atoms with E-state index in [-0.39, 0.29) is 12.1 Å². The molecule has 1 unspecified atom stereocenters. The van der Waals surface area contributed by atoms with Crippen molar-refractivity contribution in [1.82, 2.24) is 10.6 Å². The molecule has 0 aliphatic carbocycles. The van der Waals surface area contributed by atoms with Crippen LogP contribution < -0.4 is 10.6 Å². The Hall–Kier alpha value is -1.63. The molecule has 2 rings (SSSR count). The van der Waals surface area contributed by atoms with Crippen molar-refractivity contribution in [3.05, 3.63) is 35.4 Å². The molecule has 1 aliphatic heterocycles. The first-order valence-electron chi connectivity index (χ1n) is 5.70. The summed E-state index contributed by atoms with van der Waals surface area (Å²) >= 11 is 0. The van der Waals surface area contributed by atoms with E-state index in [2.05, 4.69) is 10.6 Å². The third kappa shape index (κ3) is 3.44. The molecule has 0 spiro atoms. The van der Waals surface area contributed by atoms with Crippen molar-refractivity contribution in [3.8, 4) is 0 Å². The second kappa shape index (κ2) is 5.16. The molecule has 1 amide bonds. The van der Waals surface area contributed by atoms with E-state index in [4.69, 9.17) is 0 Å². The average molecular weight is 276 g/mol. The fourth-order valence-corrected chi connectivity index (χ4v) is 1.87. The largest absolute Gasteiger partial charge is 0.351 e. The SMILES string of the molecule is O=C(NCc1ccc(F)cc1F)C1CC(F)(F)CN1. The monoisotopic (exact) mass is 276 g/mol. The molecule has 2 N–H and O–H groups in total. The predicted octanol–water partition coefficient (Wildman–Crippen LogP) is 1.58. The zero-order chi connectivity index (χ0) is 14.0. The molecule has 3 nitrogen and oxygen atoms in total. The summed E-state index contributed by atoms with van der Waals surface area (Å²) in [6, 6.07) is 1.97. The van der Waals surface area contributed by atoms with Crippen LogP contribution in [0, 0.1) is 11.6 Å². The second-order valence-corrected chi connectivity index (χ2v) is 4.45. The summed E-state index contributed by atoms with van der Waals surface area (Å²) in [6.45, 7) is -0.718. The van der Waals surface area contributed by atoms with Crippen LogP contribution in [0.4, 0.5) is 17.6 Å². The number of halogens is 4. The van der Waals surface area contributed by atoms with Gasteiger partial charge in [-0.05, 0) is 6.07 Å². The molecule has 19 heavy (non-hydrogen) atoms.